The van der Waals surface area contributed by atoms with Crippen LogP contribution in [0.5, 0.6) is 0 Å². The Bertz CT molecular complexity index is 634. The van der Waals surface area contributed by atoms with E-state index < -0.39 is 5.97 Å². The van der Waals surface area contributed by atoms with E-state index in [9.17, 15) is 9.59 Å². The maximum absolute atomic E-state index is 11.8. The molecule has 0 atom stereocenters. The first-order chi connectivity index (χ1) is 9.10. The number of carbonyl (C=O) groups is 2. The van der Waals surface area contributed by atoms with Crippen molar-refractivity contribution in [2.75, 3.05) is 26.1 Å². The van der Waals surface area contributed by atoms with E-state index >= 15 is 0 Å². The van der Waals surface area contributed by atoms with E-state index in [1.54, 1.807) is 6.20 Å². The molecule has 19 heavy (non-hydrogen) atoms. The Morgan fingerprint density at radius 3 is 2.84 bits per heavy atom. The molecule has 0 unspecified atom stereocenters. The number of fused-ring (bicyclic) bond motifs is 1. The number of aromatic nitrogens is 1. The zero-order valence-electron chi connectivity index (χ0n) is 11.0. The van der Waals surface area contributed by atoms with Crippen LogP contribution in [0, 0.1) is 0 Å². The number of nitrogens with zero attached hydrogens (tertiary/aromatic N) is 2. The number of pyridine rings is 1. The minimum Gasteiger partial charge on any atom is -0.465 e. The molecule has 100 valence electrons. The number of rotatable bonds is 4. The largest absolute Gasteiger partial charge is 0.465 e. The van der Waals surface area contributed by atoms with Gasteiger partial charge in [-0.1, -0.05) is 0 Å². The minimum atomic E-state index is -0.426. The Morgan fingerprint density at radius 1 is 1.53 bits per heavy atom. The summed E-state index contributed by atoms with van der Waals surface area (Å²) in [7, 11) is 5.15. The summed E-state index contributed by atoms with van der Waals surface area (Å²) in [5, 5.41) is 0.852. The molecule has 5 nitrogen and oxygen atoms in total. The van der Waals surface area contributed by atoms with Crippen molar-refractivity contribution in [2.24, 2.45) is 0 Å². The molecule has 0 aliphatic rings. The van der Waals surface area contributed by atoms with Gasteiger partial charge in [-0.3, -0.25) is 0 Å². The zero-order chi connectivity index (χ0) is 14.0. The van der Waals surface area contributed by atoms with E-state index in [0.717, 1.165) is 22.2 Å². The number of hydrogen-bond donors (Lipinski definition) is 0. The van der Waals surface area contributed by atoms with Crippen LogP contribution in [0.3, 0.4) is 0 Å². The van der Waals surface area contributed by atoms with Gasteiger partial charge in [0.25, 0.3) is 0 Å². The average Bonchev–Trinajstić information content (AvgIpc) is 2.77. The van der Waals surface area contributed by atoms with E-state index in [2.05, 4.69) is 4.98 Å². The summed E-state index contributed by atoms with van der Waals surface area (Å²) in [4.78, 5) is 30.1. The van der Waals surface area contributed by atoms with E-state index in [4.69, 9.17) is 4.74 Å². The quantitative estimate of drug-likeness (QED) is 0.631. The number of carbonyl (C=O) groups excluding carboxylic acids is 2. The molecule has 2 heterocycles. The lowest BCUT2D eigenvalue weighted by Gasteiger charge is -2.14. The van der Waals surface area contributed by atoms with Crippen LogP contribution in [0.15, 0.2) is 12.3 Å². The highest BCUT2D eigenvalue weighted by Gasteiger charge is 2.21. The van der Waals surface area contributed by atoms with Crippen LogP contribution in [-0.4, -0.2) is 38.4 Å². The average molecular weight is 278 g/mol. The molecule has 0 aromatic carbocycles. The van der Waals surface area contributed by atoms with Crippen molar-refractivity contribution in [3.8, 4) is 0 Å². The molecule has 0 fully saturated rings. The van der Waals surface area contributed by atoms with Crippen LogP contribution < -0.4 is 4.90 Å². The third-order valence-corrected chi connectivity index (χ3v) is 3.93. The molecule has 0 aliphatic heterocycles. The number of aldehydes is 1. The summed E-state index contributed by atoms with van der Waals surface area (Å²) in [5.74, 6) is -0.426. The van der Waals surface area contributed by atoms with Gasteiger partial charge in [-0.25, -0.2) is 9.78 Å². The first-order valence-electron chi connectivity index (χ1n) is 5.69. The number of anilines is 1. The SMILES string of the molecule is COC(=O)c1sc2nccc(N(C)C)c2c1CC=O. The standard InChI is InChI=1S/C13H14N2O3S/c1-15(2)9-4-6-14-12-10(9)8(5-7-16)11(19-12)13(17)18-3/h4,6-7H,5H2,1-3H3. The van der Waals surface area contributed by atoms with Crippen molar-refractivity contribution in [1.29, 1.82) is 0 Å². The van der Waals surface area contributed by atoms with Crippen molar-refractivity contribution >= 4 is 39.5 Å². The predicted molar refractivity (Wildman–Crippen MR) is 75.1 cm³/mol. The Kier molecular flexibility index (Phi) is 3.80. The molecular formula is C13H14N2O3S. The molecule has 2 aromatic rings. The van der Waals surface area contributed by atoms with Crippen LogP contribution in [0.25, 0.3) is 10.2 Å². The van der Waals surface area contributed by atoms with E-state index in [-0.39, 0.29) is 6.42 Å². The molecule has 0 amide bonds. The van der Waals surface area contributed by atoms with Crippen LogP contribution in [0.2, 0.25) is 0 Å². The number of hydrogen-bond acceptors (Lipinski definition) is 6. The van der Waals surface area contributed by atoms with Crippen LogP contribution in [0.1, 0.15) is 15.2 Å². The first kappa shape index (κ1) is 13.5. The van der Waals surface area contributed by atoms with Crippen LogP contribution >= 0.6 is 11.3 Å². The van der Waals surface area contributed by atoms with Gasteiger partial charge >= 0.3 is 5.97 Å². The van der Waals surface area contributed by atoms with Gasteiger partial charge in [0.05, 0.1) is 7.11 Å². The maximum atomic E-state index is 11.8. The summed E-state index contributed by atoms with van der Waals surface area (Å²) in [6.45, 7) is 0. The lowest BCUT2D eigenvalue weighted by molar-refractivity contribution is -0.107. The minimum absolute atomic E-state index is 0.178. The third kappa shape index (κ3) is 2.31. The molecule has 0 spiro atoms. The lowest BCUT2D eigenvalue weighted by Crippen LogP contribution is -2.10. The molecule has 0 aliphatic carbocycles. The Hall–Kier alpha value is -1.95. The summed E-state index contributed by atoms with van der Waals surface area (Å²) < 4.78 is 4.77. The normalized spacial score (nSPS) is 10.5. The first-order valence-corrected chi connectivity index (χ1v) is 6.51. The fourth-order valence-electron chi connectivity index (χ4n) is 1.97. The molecular weight excluding hydrogens is 264 g/mol. The molecule has 6 heteroatoms. The molecule has 0 N–H and O–H groups in total. The van der Waals surface area contributed by atoms with Gasteiger partial charge in [0.15, 0.2) is 0 Å². The molecule has 2 rings (SSSR count). The van der Waals surface area contributed by atoms with E-state index in [1.165, 1.54) is 18.4 Å². The van der Waals surface area contributed by atoms with E-state index in [1.807, 2.05) is 25.1 Å². The van der Waals surface area contributed by atoms with Gasteiger partial charge in [-0.2, -0.15) is 0 Å². The Balaban J connectivity index is 2.78. The van der Waals surface area contributed by atoms with Gasteiger partial charge < -0.3 is 14.4 Å². The summed E-state index contributed by atoms with van der Waals surface area (Å²) in [6.07, 6.45) is 2.66. The smallest absolute Gasteiger partial charge is 0.348 e. The molecule has 0 bridgehead atoms. The fraction of sp³-hybridized carbons (Fsp3) is 0.308. The summed E-state index contributed by atoms with van der Waals surface area (Å²) >= 11 is 1.26. The van der Waals surface area contributed by atoms with Crippen LogP contribution in [-0.2, 0) is 16.0 Å². The highest BCUT2D eigenvalue weighted by Crippen LogP contribution is 2.36. The topological polar surface area (TPSA) is 59.5 Å². The van der Waals surface area contributed by atoms with Gasteiger partial charge in [0.2, 0.25) is 0 Å². The van der Waals surface area contributed by atoms with Crippen molar-refractivity contribution < 1.29 is 14.3 Å². The number of thiophene rings is 1. The fourth-order valence-corrected chi connectivity index (χ4v) is 3.09. The van der Waals surface area contributed by atoms with Crippen molar-refractivity contribution in [3.63, 3.8) is 0 Å². The molecule has 0 saturated carbocycles. The predicted octanol–water partition coefficient (Wildman–Crippen LogP) is 1.89. The Labute approximate surface area is 114 Å². The van der Waals surface area contributed by atoms with Gasteiger partial charge in [-0.05, 0) is 11.6 Å². The lowest BCUT2D eigenvalue weighted by atomic mass is 10.1. The second-order valence-corrected chi connectivity index (χ2v) is 5.18. The highest BCUT2D eigenvalue weighted by atomic mass is 32.1. The van der Waals surface area contributed by atoms with Crippen LogP contribution in [0.4, 0.5) is 5.69 Å². The monoisotopic (exact) mass is 278 g/mol. The highest BCUT2D eigenvalue weighted by molar-refractivity contribution is 7.20. The van der Waals surface area contributed by atoms with Crippen molar-refractivity contribution in [1.82, 2.24) is 4.98 Å². The number of ether oxygens (including phenoxy) is 1. The van der Waals surface area contributed by atoms with E-state index in [0.29, 0.717) is 10.4 Å². The molecule has 2 aromatic heterocycles. The van der Waals surface area contributed by atoms with Gasteiger partial charge in [-0.15, -0.1) is 11.3 Å². The maximum Gasteiger partial charge on any atom is 0.348 e. The number of methoxy groups -OCH3 is 1. The molecule has 0 radical (unpaired) electrons. The zero-order valence-corrected chi connectivity index (χ0v) is 11.8. The summed E-state index contributed by atoms with van der Waals surface area (Å²) in [6, 6.07) is 1.87. The Morgan fingerprint density at radius 2 is 2.26 bits per heavy atom. The van der Waals surface area contributed by atoms with Crippen molar-refractivity contribution in [2.45, 2.75) is 6.42 Å². The summed E-state index contributed by atoms with van der Waals surface area (Å²) in [5.41, 5.74) is 1.63. The molecule has 0 saturated heterocycles. The number of esters is 1. The second kappa shape index (κ2) is 5.36. The van der Waals surface area contributed by atoms with Gasteiger partial charge in [0, 0.05) is 37.8 Å². The van der Waals surface area contributed by atoms with Gasteiger partial charge in [0.1, 0.15) is 16.0 Å². The third-order valence-electron chi connectivity index (χ3n) is 2.81. The van der Waals surface area contributed by atoms with Crippen molar-refractivity contribution in [3.05, 3.63) is 22.7 Å². The second-order valence-electron chi connectivity index (χ2n) is 4.18.